The topological polar surface area (TPSA) is 36.4 Å². The van der Waals surface area contributed by atoms with E-state index in [4.69, 9.17) is 16.7 Å². The van der Waals surface area contributed by atoms with Crippen molar-refractivity contribution in [2.45, 2.75) is 25.8 Å². The zero-order valence-corrected chi connectivity index (χ0v) is 10.5. The smallest absolute Gasteiger partial charge is 0.183 e. The van der Waals surface area contributed by atoms with E-state index >= 15 is 0 Å². The molecule has 0 aromatic carbocycles. The first-order valence-corrected chi connectivity index (χ1v) is 6.31. The summed E-state index contributed by atoms with van der Waals surface area (Å²) in [6.45, 7) is 2.26. The van der Waals surface area contributed by atoms with Gasteiger partial charge in [-0.3, -0.25) is 0 Å². The molecule has 0 bridgehead atoms. The first-order valence-electron chi connectivity index (χ1n) is 5.12. The first kappa shape index (κ1) is 12.9. The molecule has 1 rings (SSSR count). The summed E-state index contributed by atoms with van der Waals surface area (Å²) >= 11 is 7.28. The third-order valence-electron chi connectivity index (χ3n) is 2.15. The monoisotopic (exact) mass is 248 g/mol. The van der Waals surface area contributed by atoms with Crippen LogP contribution in [0.2, 0.25) is 4.47 Å². The molecule has 15 heavy (non-hydrogen) atoms. The number of hydrogen-bond donors (Lipinski definition) is 1. The van der Waals surface area contributed by atoms with Gasteiger partial charge in [0.25, 0.3) is 0 Å². The molecular formula is C10H17ClN2OS. The second-order valence-electron chi connectivity index (χ2n) is 3.60. The van der Waals surface area contributed by atoms with Crippen LogP contribution < -0.4 is 0 Å². The van der Waals surface area contributed by atoms with Crippen molar-refractivity contribution in [2.75, 3.05) is 20.2 Å². The maximum absolute atomic E-state index is 8.63. The van der Waals surface area contributed by atoms with Crippen molar-refractivity contribution in [3.05, 3.63) is 15.5 Å². The zero-order chi connectivity index (χ0) is 11.1. The summed E-state index contributed by atoms with van der Waals surface area (Å²) in [4.78, 5) is 7.45. The molecule has 0 spiro atoms. The van der Waals surface area contributed by atoms with E-state index in [1.807, 2.05) is 6.20 Å². The Hall–Kier alpha value is -0.160. The van der Waals surface area contributed by atoms with Gasteiger partial charge in [0.1, 0.15) is 0 Å². The van der Waals surface area contributed by atoms with Gasteiger partial charge in [-0.1, -0.05) is 11.6 Å². The molecular weight excluding hydrogens is 232 g/mol. The van der Waals surface area contributed by atoms with E-state index < -0.39 is 0 Å². The summed E-state index contributed by atoms with van der Waals surface area (Å²) in [5, 5.41) is 8.63. The van der Waals surface area contributed by atoms with Gasteiger partial charge in [-0.25, -0.2) is 4.98 Å². The van der Waals surface area contributed by atoms with Crippen LogP contribution in [0.4, 0.5) is 0 Å². The molecule has 86 valence electrons. The average Bonchev–Trinajstić information content (AvgIpc) is 2.59. The molecule has 0 atom stereocenters. The number of rotatable bonds is 7. The lowest BCUT2D eigenvalue weighted by molar-refractivity contribution is 0.271. The van der Waals surface area contributed by atoms with E-state index in [9.17, 15) is 0 Å². The van der Waals surface area contributed by atoms with Gasteiger partial charge in [-0.05, 0) is 32.9 Å². The standard InChI is InChI=1S/C10H17ClN2OS/c1-13(5-3-2-4-6-14)8-9-7-12-10(11)15-9/h7,14H,2-6,8H2,1H3. The van der Waals surface area contributed by atoms with Gasteiger partial charge in [0.05, 0.1) is 0 Å². The van der Waals surface area contributed by atoms with Crippen LogP contribution in [0.3, 0.4) is 0 Å². The van der Waals surface area contributed by atoms with E-state index in [0.29, 0.717) is 11.1 Å². The molecule has 0 radical (unpaired) electrons. The number of aliphatic hydroxyl groups is 1. The third kappa shape index (κ3) is 5.47. The van der Waals surface area contributed by atoms with Crippen molar-refractivity contribution < 1.29 is 5.11 Å². The van der Waals surface area contributed by atoms with Crippen LogP contribution in [0.1, 0.15) is 24.1 Å². The lowest BCUT2D eigenvalue weighted by atomic mass is 10.2. The molecule has 0 saturated heterocycles. The Balaban J connectivity index is 2.15. The fourth-order valence-electron chi connectivity index (χ4n) is 1.37. The van der Waals surface area contributed by atoms with Gasteiger partial charge in [0.15, 0.2) is 4.47 Å². The number of thiazole rings is 1. The minimum Gasteiger partial charge on any atom is -0.396 e. The largest absolute Gasteiger partial charge is 0.396 e. The van der Waals surface area contributed by atoms with Crippen molar-refractivity contribution in [3.8, 4) is 0 Å². The number of aliphatic hydroxyl groups excluding tert-OH is 1. The highest BCUT2D eigenvalue weighted by molar-refractivity contribution is 7.15. The van der Waals surface area contributed by atoms with Crippen LogP contribution in [-0.4, -0.2) is 35.2 Å². The molecule has 0 fully saturated rings. The molecule has 0 aliphatic rings. The molecule has 5 heteroatoms. The average molecular weight is 249 g/mol. The molecule has 0 aliphatic carbocycles. The van der Waals surface area contributed by atoms with Crippen LogP contribution in [0.15, 0.2) is 6.20 Å². The molecule has 0 saturated carbocycles. The fourth-order valence-corrected chi connectivity index (χ4v) is 2.43. The van der Waals surface area contributed by atoms with Crippen LogP contribution in [0.5, 0.6) is 0 Å². The summed E-state index contributed by atoms with van der Waals surface area (Å²) in [5.41, 5.74) is 0. The molecule has 1 aromatic rings. The summed E-state index contributed by atoms with van der Waals surface area (Å²) in [6, 6.07) is 0. The van der Waals surface area contributed by atoms with E-state index in [-0.39, 0.29) is 0 Å². The van der Waals surface area contributed by atoms with Gasteiger partial charge in [0.2, 0.25) is 0 Å². The molecule has 0 aliphatic heterocycles. The Morgan fingerprint density at radius 3 is 2.87 bits per heavy atom. The number of unbranched alkanes of at least 4 members (excludes halogenated alkanes) is 2. The van der Waals surface area contributed by atoms with Crippen molar-refractivity contribution in [2.24, 2.45) is 0 Å². The van der Waals surface area contributed by atoms with Crippen LogP contribution >= 0.6 is 22.9 Å². The lowest BCUT2D eigenvalue weighted by Gasteiger charge is -2.14. The van der Waals surface area contributed by atoms with Gasteiger partial charge < -0.3 is 10.0 Å². The Kier molecular flexibility index (Phi) is 6.17. The molecule has 0 unspecified atom stereocenters. The lowest BCUT2D eigenvalue weighted by Crippen LogP contribution is -2.18. The number of nitrogens with zero attached hydrogens (tertiary/aromatic N) is 2. The Bertz CT molecular complexity index is 280. The van der Waals surface area contributed by atoms with Gasteiger partial charge in [-0.2, -0.15) is 0 Å². The minimum absolute atomic E-state index is 0.300. The highest BCUT2D eigenvalue weighted by atomic mass is 35.5. The van der Waals surface area contributed by atoms with Gasteiger partial charge in [0, 0.05) is 24.2 Å². The quantitative estimate of drug-likeness (QED) is 0.753. The van der Waals surface area contributed by atoms with E-state index in [1.54, 1.807) is 0 Å². The minimum atomic E-state index is 0.300. The van der Waals surface area contributed by atoms with E-state index in [1.165, 1.54) is 16.2 Å². The Morgan fingerprint density at radius 2 is 2.27 bits per heavy atom. The van der Waals surface area contributed by atoms with Gasteiger partial charge >= 0.3 is 0 Å². The predicted octanol–water partition coefficient (Wildman–Crippen LogP) is 2.39. The maximum atomic E-state index is 8.63. The number of aromatic nitrogens is 1. The van der Waals surface area contributed by atoms with Crippen molar-refractivity contribution >= 4 is 22.9 Å². The van der Waals surface area contributed by atoms with Crippen molar-refractivity contribution in [1.82, 2.24) is 9.88 Å². The summed E-state index contributed by atoms with van der Waals surface area (Å²) in [5.74, 6) is 0. The molecule has 3 nitrogen and oxygen atoms in total. The van der Waals surface area contributed by atoms with Crippen molar-refractivity contribution in [1.29, 1.82) is 0 Å². The van der Waals surface area contributed by atoms with Crippen molar-refractivity contribution in [3.63, 3.8) is 0 Å². The summed E-state index contributed by atoms with van der Waals surface area (Å²) < 4.78 is 0.610. The highest BCUT2D eigenvalue weighted by Gasteiger charge is 2.03. The predicted molar refractivity (Wildman–Crippen MR) is 64.4 cm³/mol. The molecule has 1 heterocycles. The fraction of sp³-hybridized carbons (Fsp3) is 0.700. The second kappa shape index (κ2) is 7.17. The third-order valence-corrected chi connectivity index (χ3v) is 3.25. The maximum Gasteiger partial charge on any atom is 0.183 e. The van der Waals surface area contributed by atoms with E-state index in [2.05, 4.69) is 16.9 Å². The Morgan fingerprint density at radius 1 is 1.47 bits per heavy atom. The first-order chi connectivity index (χ1) is 7.22. The van der Waals surface area contributed by atoms with E-state index in [0.717, 1.165) is 32.4 Å². The molecule has 1 N–H and O–H groups in total. The number of hydrogen-bond acceptors (Lipinski definition) is 4. The highest BCUT2D eigenvalue weighted by Crippen LogP contribution is 2.18. The number of halogens is 1. The van der Waals surface area contributed by atoms with Crippen LogP contribution in [0, 0.1) is 0 Å². The molecule has 0 amide bonds. The van der Waals surface area contributed by atoms with Crippen LogP contribution in [-0.2, 0) is 6.54 Å². The SMILES string of the molecule is CN(CCCCCO)Cc1cnc(Cl)s1. The zero-order valence-electron chi connectivity index (χ0n) is 8.95. The van der Waals surface area contributed by atoms with Crippen LogP contribution in [0.25, 0.3) is 0 Å². The summed E-state index contributed by atoms with van der Waals surface area (Å²) in [6.07, 6.45) is 4.95. The Labute approximate surface area is 99.7 Å². The van der Waals surface area contributed by atoms with Gasteiger partial charge in [-0.15, -0.1) is 11.3 Å². The second-order valence-corrected chi connectivity index (χ2v) is 5.30. The molecule has 1 aromatic heterocycles. The normalized spacial score (nSPS) is 11.2. The summed E-state index contributed by atoms with van der Waals surface area (Å²) in [7, 11) is 2.09.